The molecular weight excluding hydrogens is 306 g/mol. The Bertz CT molecular complexity index is 611. The number of benzene rings is 2. The van der Waals surface area contributed by atoms with Gasteiger partial charge in [-0.25, -0.2) is 0 Å². The van der Waals surface area contributed by atoms with Crippen molar-refractivity contribution >= 4 is 21.8 Å². The molecule has 0 aromatic heterocycles. The van der Waals surface area contributed by atoms with Crippen LogP contribution in [0.25, 0.3) is 11.1 Å². The van der Waals surface area contributed by atoms with Crippen LogP contribution in [0.3, 0.4) is 0 Å². The van der Waals surface area contributed by atoms with Gasteiger partial charge >= 0.3 is 0 Å². The number of carbonyl (C=O) groups excluding carboxylic acids is 1. The predicted octanol–water partition coefficient (Wildman–Crippen LogP) is 3.61. The molecule has 0 bridgehead atoms. The summed E-state index contributed by atoms with van der Waals surface area (Å²) >= 11 is 3.39. The highest BCUT2D eigenvalue weighted by molar-refractivity contribution is 9.10. The second-order valence-corrected chi connectivity index (χ2v) is 4.97. The standard InChI is InChI=1S/C15H14BrNO2/c1-2-19-14-5-3-4-10(9-14)11-6-12(15(17)18)8-13(16)7-11/h3-9H,2H2,1H3,(H2,17,18). The lowest BCUT2D eigenvalue weighted by Crippen LogP contribution is -2.10. The topological polar surface area (TPSA) is 52.3 Å². The van der Waals surface area contributed by atoms with Crippen molar-refractivity contribution in [2.75, 3.05) is 6.61 Å². The number of hydrogen-bond acceptors (Lipinski definition) is 2. The van der Waals surface area contributed by atoms with Gasteiger partial charge in [0, 0.05) is 10.0 Å². The zero-order valence-corrected chi connectivity index (χ0v) is 12.1. The van der Waals surface area contributed by atoms with E-state index in [0.29, 0.717) is 12.2 Å². The third-order valence-electron chi connectivity index (χ3n) is 2.66. The lowest BCUT2D eigenvalue weighted by atomic mass is 10.0. The number of rotatable bonds is 4. The molecular formula is C15H14BrNO2. The zero-order chi connectivity index (χ0) is 13.8. The Hall–Kier alpha value is -1.81. The summed E-state index contributed by atoms with van der Waals surface area (Å²) in [5, 5.41) is 0. The summed E-state index contributed by atoms with van der Waals surface area (Å²) in [6.45, 7) is 2.56. The average molecular weight is 320 g/mol. The smallest absolute Gasteiger partial charge is 0.248 e. The third kappa shape index (κ3) is 3.35. The van der Waals surface area contributed by atoms with Gasteiger partial charge in [-0.2, -0.15) is 0 Å². The van der Waals surface area contributed by atoms with Gasteiger partial charge < -0.3 is 10.5 Å². The van der Waals surface area contributed by atoms with Gasteiger partial charge in [0.2, 0.25) is 5.91 Å². The number of primary amides is 1. The normalized spacial score (nSPS) is 10.2. The van der Waals surface area contributed by atoms with E-state index in [0.717, 1.165) is 21.3 Å². The molecule has 0 fully saturated rings. The SMILES string of the molecule is CCOc1cccc(-c2cc(Br)cc(C(N)=O)c2)c1. The first-order valence-electron chi connectivity index (χ1n) is 5.94. The molecule has 4 heteroatoms. The highest BCUT2D eigenvalue weighted by Gasteiger charge is 2.07. The Morgan fingerprint density at radius 3 is 2.68 bits per heavy atom. The maximum absolute atomic E-state index is 11.3. The minimum absolute atomic E-state index is 0.441. The first-order chi connectivity index (χ1) is 9.10. The molecule has 0 radical (unpaired) electrons. The van der Waals surface area contributed by atoms with E-state index in [1.54, 1.807) is 12.1 Å². The van der Waals surface area contributed by atoms with Gasteiger partial charge in [0.15, 0.2) is 0 Å². The second kappa shape index (κ2) is 5.89. The molecule has 19 heavy (non-hydrogen) atoms. The van der Waals surface area contributed by atoms with Crippen molar-refractivity contribution in [2.24, 2.45) is 5.73 Å². The van der Waals surface area contributed by atoms with E-state index in [1.165, 1.54) is 0 Å². The van der Waals surface area contributed by atoms with Gasteiger partial charge in [0.1, 0.15) is 5.75 Å². The highest BCUT2D eigenvalue weighted by atomic mass is 79.9. The number of amides is 1. The Kier molecular flexibility index (Phi) is 4.22. The molecule has 98 valence electrons. The zero-order valence-electron chi connectivity index (χ0n) is 10.5. The maximum atomic E-state index is 11.3. The van der Waals surface area contributed by atoms with Gasteiger partial charge in [-0.1, -0.05) is 28.1 Å². The minimum Gasteiger partial charge on any atom is -0.494 e. The van der Waals surface area contributed by atoms with Gasteiger partial charge in [-0.15, -0.1) is 0 Å². The van der Waals surface area contributed by atoms with E-state index in [-0.39, 0.29) is 0 Å². The van der Waals surface area contributed by atoms with Gasteiger partial charge in [0.25, 0.3) is 0 Å². The molecule has 2 N–H and O–H groups in total. The van der Waals surface area contributed by atoms with Crippen LogP contribution in [-0.4, -0.2) is 12.5 Å². The summed E-state index contributed by atoms with van der Waals surface area (Å²) in [5.41, 5.74) is 7.70. The van der Waals surface area contributed by atoms with E-state index >= 15 is 0 Å². The summed E-state index contributed by atoms with van der Waals surface area (Å²) in [6, 6.07) is 13.2. The van der Waals surface area contributed by atoms with Crippen LogP contribution in [0.5, 0.6) is 5.75 Å². The number of nitrogens with two attached hydrogens (primary N) is 1. The summed E-state index contributed by atoms with van der Waals surface area (Å²) in [4.78, 5) is 11.3. The van der Waals surface area contributed by atoms with Crippen molar-refractivity contribution in [2.45, 2.75) is 6.92 Å². The molecule has 0 aliphatic rings. The number of halogens is 1. The Morgan fingerprint density at radius 2 is 2.00 bits per heavy atom. The Balaban J connectivity index is 2.46. The highest BCUT2D eigenvalue weighted by Crippen LogP contribution is 2.27. The van der Waals surface area contributed by atoms with E-state index in [4.69, 9.17) is 10.5 Å². The fourth-order valence-electron chi connectivity index (χ4n) is 1.83. The lowest BCUT2D eigenvalue weighted by Gasteiger charge is -2.08. The Labute approximate surface area is 120 Å². The van der Waals surface area contributed by atoms with Crippen molar-refractivity contribution in [3.63, 3.8) is 0 Å². The number of carbonyl (C=O) groups is 1. The van der Waals surface area contributed by atoms with Crippen LogP contribution in [0.4, 0.5) is 0 Å². The van der Waals surface area contributed by atoms with Crippen molar-refractivity contribution in [1.82, 2.24) is 0 Å². The molecule has 2 aromatic carbocycles. The second-order valence-electron chi connectivity index (χ2n) is 4.05. The fraction of sp³-hybridized carbons (Fsp3) is 0.133. The number of ether oxygens (including phenoxy) is 1. The molecule has 2 aromatic rings. The molecule has 0 aliphatic heterocycles. The van der Waals surface area contributed by atoms with Gasteiger partial charge in [-0.3, -0.25) is 4.79 Å². The van der Waals surface area contributed by atoms with Crippen molar-refractivity contribution < 1.29 is 9.53 Å². The predicted molar refractivity (Wildman–Crippen MR) is 79.3 cm³/mol. The first kappa shape index (κ1) is 13.6. The molecule has 1 amide bonds. The molecule has 0 unspecified atom stereocenters. The monoisotopic (exact) mass is 319 g/mol. The molecule has 0 saturated carbocycles. The molecule has 0 spiro atoms. The molecule has 0 saturated heterocycles. The van der Waals surface area contributed by atoms with E-state index in [1.807, 2.05) is 37.3 Å². The molecule has 0 heterocycles. The number of hydrogen-bond donors (Lipinski definition) is 1. The molecule has 3 nitrogen and oxygen atoms in total. The van der Waals surface area contributed by atoms with Crippen molar-refractivity contribution in [1.29, 1.82) is 0 Å². The van der Waals surface area contributed by atoms with E-state index < -0.39 is 5.91 Å². The summed E-state index contributed by atoms with van der Waals surface area (Å²) in [7, 11) is 0. The van der Waals surface area contributed by atoms with Crippen LogP contribution in [0.15, 0.2) is 46.9 Å². The summed E-state index contributed by atoms with van der Waals surface area (Å²) in [6.07, 6.45) is 0. The van der Waals surface area contributed by atoms with Crippen LogP contribution < -0.4 is 10.5 Å². The fourth-order valence-corrected chi connectivity index (χ4v) is 2.32. The van der Waals surface area contributed by atoms with Crippen molar-refractivity contribution in [3.05, 3.63) is 52.5 Å². The van der Waals surface area contributed by atoms with Gasteiger partial charge in [0.05, 0.1) is 6.61 Å². The third-order valence-corrected chi connectivity index (χ3v) is 3.12. The van der Waals surface area contributed by atoms with E-state index in [2.05, 4.69) is 15.9 Å². The first-order valence-corrected chi connectivity index (χ1v) is 6.73. The average Bonchev–Trinajstić information content (AvgIpc) is 2.38. The minimum atomic E-state index is -0.441. The van der Waals surface area contributed by atoms with E-state index in [9.17, 15) is 4.79 Å². The largest absolute Gasteiger partial charge is 0.494 e. The van der Waals surface area contributed by atoms with Crippen LogP contribution in [0.1, 0.15) is 17.3 Å². The van der Waals surface area contributed by atoms with Crippen LogP contribution in [0, 0.1) is 0 Å². The van der Waals surface area contributed by atoms with Gasteiger partial charge in [-0.05, 0) is 48.4 Å². The molecule has 0 aliphatic carbocycles. The summed E-state index contributed by atoms with van der Waals surface area (Å²) < 4.78 is 6.29. The maximum Gasteiger partial charge on any atom is 0.248 e. The molecule has 2 rings (SSSR count). The lowest BCUT2D eigenvalue weighted by molar-refractivity contribution is 0.100. The van der Waals surface area contributed by atoms with Crippen LogP contribution in [-0.2, 0) is 0 Å². The Morgan fingerprint density at radius 1 is 1.21 bits per heavy atom. The summed E-state index contributed by atoms with van der Waals surface area (Å²) in [5.74, 6) is 0.365. The van der Waals surface area contributed by atoms with Crippen LogP contribution in [0.2, 0.25) is 0 Å². The van der Waals surface area contributed by atoms with Crippen LogP contribution >= 0.6 is 15.9 Å². The quantitative estimate of drug-likeness (QED) is 0.935. The van der Waals surface area contributed by atoms with Crippen molar-refractivity contribution in [3.8, 4) is 16.9 Å². The molecule has 0 atom stereocenters.